The largest absolute Gasteiger partial charge is 0.480 e. The topological polar surface area (TPSA) is 49.3 Å². The summed E-state index contributed by atoms with van der Waals surface area (Å²) in [6.07, 6.45) is 1.54. The Bertz CT molecular complexity index is 388. The first kappa shape index (κ1) is 13.7. The molecule has 0 aliphatic rings. The van der Waals surface area contributed by atoms with E-state index in [9.17, 15) is 4.79 Å². The van der Waals surface area contributed by atoms with Crippen LogP contribution in [0.3, 0.4) is 0 Å². The van der Waals surface area contributed by atoms with Gasteiger partial charge in [-0.15, -0.1) is 0 Å². The molecule has 1 unspecified atom stereocenters. The molecular formula is C14H21NO2. The molecule has 0 aliphatic heterocycles. The van der Waals surface area contributed by atoms with Crippen LogP contribution in [0.25, 0.3) is 0 Å². The van der Waals surface area contributed by atoms with Crippen molar-refractivity contribution in [2.45, 2.75) is 46.2 Å². The van der Waals surface area contributed by atoms with Crippen LogP contribution in [-0.4, -0.2) is 17.1 Å². The molecule has 0 saturated carbocycles. The molecule has 0 heterocycles. The minimum atomic E-state index is -0.768. The number of aryl methyl sites for hydroxylation is 2. The van der Waals surface area contributed by atoms with Crippen LogP contribution >= 0.6 is 0 Å². The summed E-state index contributed by atoms with van der Waals surface area (Å²) in [4.78, 5) is 11.0. The van der Waals surface area contributed by atoms with Crippen molar-refractivity contribution in [1.82, 2.24) is 5.32 Å². The lowest BCUT2D eigenvalue weighted by molar-refractivity contribution is -0.139. The third kappa shape index (κ3) is 4.19. The zero-order valence-corrected chi connectivity index (χ0v) is 10.8. The summed E-state index contributed by atoms with van der Waals surface area (Å²) in [5, 5.41) is 12.1. The lowest BCUT2D eigenvalue weighted by Gasteiger charge is -2.14. The lowest BCUT2D eigenvalue weighted by Crippen LogP contribution is -2.36. The van der Waals surface area contributed by atoms with Crippen LogP contribution in [0.2, 0.25) is 0 Å². The molecule has 3 heteroatoms. The van der Waals surface area contributed by atoms with E-state index in [0.29, 0.717) is 13.0 Å². The Hall–Kier alpha value is -1.35. The Morgan fingerprint density at radius 1 is 1.35 bits per heavy atom. The molecule has 1 aromatic rings. The predicted octanol–water partition coefficient (Wildman–Crippen LogP) is 2.65. The smallest absolute Gasteiger partial charge is 0.320 e. The number of carboxylic acid groups (broad SMARTS) is 1. The molecule has 0 bridgehead atoms. The molecule has 0 amide bonds. The first-order valence-corrected chi connectivity index (χ1v) is 6.07. The van der Waals surface area contributed by atoms with E-state index in [4.69, 9.17) is 5.11 Å². The van der Waals surface area contributed by atoms with Gasteiger partial charge in [-0.2, -0.15) is 0 Å². The second kappa shape index (κ2) is 6.40. The fourth-order valence-electron chi connectivity index (χ4n) is 1.76. The Balaban J connectivity index is 2.59. The molecule has 0 aliphatic carbocycles. The lowest BCUT2D eigenvalue weighted by atomic mass is 10.1. The van der Waals surface area contributed by atoms with E-state index >= 15 is 0 Å². The highest BCUT2D eigenvalue weighted by Gasteiger charge is 2.14. The summed E-state index contributed by atoms with van der Waals surface area (Å²) in [7, 11) is 0. The number of benzene rings is 1. The van der Waals surface area contributed by atoms with E-state index in [1.807, 2.05) is 13.0 Å². The molecular weight excluding hydrogens is 214 g/mol. The van der Waals surface area contributed by atoms with Gasteiger partial charge in [0.2, 0.25) is 0 Å². The van der Waals surface area contributed by atoms with Crippen molar-refractivity contribution in [3.05, 3.63) is 34.9 Å². The number of nitrogens with one attached hydrogen (secondary N) is 1. The second-order valence-corrected chi connectivity index (χ2v) is 4.48. The molecule has 0 spiro atoms. The number of carboxylic acids is 1. The van der Waals surface area contributed by atoms with Crippen LogP contribution in [0.15, 0.2) is 18.2 Å². The van der Waals surface area contributed by atoms with Gasteiger partial charge in [-0.1, -0.05) is 31.5 Å². The van der Waals surface area contributed by atoms with Gasteiger partial charge >= 0.3 is 5.97 Å². The first-order valence-electron chi connectivity index (χ1n) is 6.07. The highest BCUT2D eigenvalue weighted by Crippen LogP contribution is 2.10. The minimum Gasteiger partial charge on any atom is -0.480 e. The van der Waals surface area contributed by atoms with E-state index in [1.165, 1.54) is 11.1 Å². The van der Waals surface area contributed by atoms with Crippen LogP contribution in [0, 0.1) is 13.8 Å². The van der Waals surface area contributed by atoms with Gasteiger partial charge in [-0.3, -0.25) is 4.79 Å². The van der Waals surface area contributed by atoms with Crippen molar-refractivity contribution in [3.8, 4) is 0 Å². The molecule has 1 aromatic carbocycles. The Labute approximate surface area is 103 Å². The number of aliphatic carboxylic acids is 1. The second-order valence-electron chi connectivity index (χ2n) is 4.48. The highest BCUT2D eigenvalue weighted by molar-refractivity contribution is 5.73. The van der Waals surface area contributed by atoms with Gasteiger partial charge in [0.05, 0.1) is 0 Å². The maximum Gasteiger partial charge on any atom is 0.320 e. The quantitative estimate of drug-likeness (QED) is 0.797. The van der Waals surface area contributed by atoms with Gasteiger partial charge in [0.1, 0.15) is 6.04 Å². The zero-order chi connectivity index (χ0) is 12.8. The molecule has 94 valence electrons. The van der Waals surface area contributed by atoms with Crippen molar-refractivity contribution in [3.63, 3.8) is 0 Å². The van der Waals surface area contributed by atoms with E-state index < -0.39 is 12.0 Å². The van der Waals surface area contributed by atoms with Gasteiger partial charge in [0, 0.05) is 6.54 Å². The third-order valence-corrected chi connectivity index (χ3v) is 3.00. The Kier molecular flexibility index (Phi) is 5.16. The number of hydrogen-bond acceptors (Lipinski definition) is 2. The molecule has 17 heavy (non-hydrogen) atoms. The third-order valence-electron chi connectivity index (χ3n) is 3.00. The summed E-state index contributed by atoms with van der Waals surface area (Å²) < 4.78 is 0. The Morgan fingerprint density at radius 3 is 2.59 bits per heavy atom. The van der Waals surface area contributed by atoms with Gasteiger partial charge in [0.25, 0.3) is 0 Å². The van der Waals surface area contributed by atoms with E-state index in [-0.39, 0.29) is 0 Å². The normalized spacial score (nSPS) is 12.4. The first-order chi connectivity index (χ1) is 8.04. The van der Waals surface area contributed by atoms with Crippen molar-refractivity contribution in [1.29, 1.82) is 0 Å². The van der Waals surface area contributed by atoms with Gasteiger partial charge in [-0.25, -0.2) is 0 Å². The fourth-order valence-corrected chi connectivity index (χ4v) is 1.76. The standard InChI is InChI=1S/C14H21NO2/c1-4-5-13(14(16)17)15-9-12-7-6-10(2)11(3)8-12/h6-8,13,15H,4-5,9H2,1-3H3,(H,16,17). The molecule has 0 aromatic heterocycles. The van der Waals surface area contributed by atoms with Crippen LogP contribution in [0.1, 0.15) is 36.5 Å². The number of carbonyl (C=O) groups is 1. The van der Waals surface area contributed by atoms with Crippen molar-refractivity contribution in [2.75, 3.05) is 0 Å². The highest BCUT2D eigenvalue weighted by atomic mass is 16.4. The maximum absolute atomic E-state index is 11.0. The van der Waals surface area contributed by atoms with E-state index in [2.05, 4.69) is 31.3 Å². The van der Waals surface area contributed by atoms with Gasteiger partial charge < -0.3 is 10.4 Å². The molecule has 1 atom stereocenters. The SMILES string of the molecule is CCCC(NCc1ccc(C)c(C)c1)C(=O)O. The zero-order valence-electron chi connectivity index (χ0n) is 10.8. The molecule has 0 fully saturated rings. The van der Waals surface area contributed by atoms with Crippen molar-refractivity contribution in [2.24, 2.45) is 0 Å². The average molecular weight is 235 g/mol. The van der Waals surface area contributed by atoms with Gasteiger partial charge in [0.15, 0.2) is 0 Å². The van der Waals surface area contributed by atoms with E-state index in [1.54, 1.807) is 0 Å². The minimum absolute atomic E-state index is 0.443. The summed E-state index contributed by atoms with van der Waals surface area (Å²) in [5.41, 5.74) is 3.64. The number of rotatable bonds is 6. The summed E-state index contributed by atoms with van der Waals surface area (Å²) in [5.74, 6) is -0.768. The van der Waals surface area contributed by atoms with Crippen LogP contribution < -0.4 is 5.32 Å². The molecule has 0 radical (unpaired) electrons. The molecule has 1 rings (SSSR count). The molecule has 2 N–H and O–H groups in total. The summed E-state index contributed by atoms with van der Waals surface area (Å²) in [6, 6.07) is 5.77. The van der Waals surface area contributed by atoms with Crippen LogP contribution in [-0.2, 0) is 11.3 Å². The Morgan fingerprint density at radius 2 is 2.06 bits per heavy atom. The van der Waals surface area contributed by atoms with Crippen LogP contribution in [0.5, 0.6) is 0 Å². The monoisotopic (exact) mass is 235 g/mol. The number of hydrogen-bond donors (Lipinski definition) is 2. The molecule has 3 nitrogen and oxygen atoms in total. The molecule has 0 saturated heterocycles. The van der Waals surface area contributed by atoms with Gasteiger partial charge in [-0.05, 0) is 37.0 Å². The van der Waals surface area contributed by atoms with Crippen LogP contribution in [0.4, 0.5) is 0 Å². The average Bonchev–Trinajstić information content (AvgIpc) is 2.28. The summed E-state index contributed by atoms with van der Waals surface area (Å²) in [6.45, 7) is 6.75. The summed E-state index contributed by atoms with van der Waals surface area (Å²) >= 11 is 0. The van der Waals surface area contributed by atoms with E-state index in [0.717, 1.165) is 12.0 Å². The van der Waals surface area contributed by atoms with Crippen molar-refractivity contribution < 1.29 is 9.90 Å². The predicted molar refractivity (Wildman–Crippen MR) is 69.1 cm³/mol. The fraction of sp³-hybridized carbons (Fsp3) is 0.500. The maximum atomic E-state index is 11.0. The van der Waals surface area contributed by atoms with Crippen molar-refractivity contribution >= 4 is 5.97 Å².